The molecule has 0 spiro atoms. The van der Waals surface area contributed by atoms with Crippen LogP contribution in [-0.4, -0.2) is 52.7 Å². The number of carbonyl (C=O) groups excluding carboxylic acids is 1. The SMILES string of the molecule is CCCCCCCCCCCCOC(=O)COCCOCCOC. The van der Waals surface area contributed by atoms with E-state index in [2.05, 4.69) is 6.92 Å². The van der Waals surface area contributed by atoms with Gasteiger partial charge in [0.05, 0.1) is 33.0 Å². The van der Waals surface area contributed by atoms with Gasteiger partial charge in [0.15, 0.2) is 0 Å². The minimum atomic E-state index is -0.289. The molecular formula is C19H38O5. The molecule has 0 unspecified atom stereocenters. The Balaban J connectivity index is 3.12. The van der Waals surface area contributed by atoms with Gasteiger partial charge in [-0.3, -0.25) is 0 Å². The number of hydrogen-bond acceptors (Lipinski definition) is 5. The summed E-state index contributed by atoms with van der Waals surface area (Å²) in [5.41, 5.74) is 0. The third-order valence-electron chi connectivity index (χ3n) is 3.78. The van der Waals surface area contributed by atoms with Gasteiger partial charge >= 0.3 is 5.97 Å². The van der Waals surface area contributed by atoms with Gasteiger partial charge in [-0.2, -0.15) is 0 Å². The van der Waals surface area contributed by atoms with Crippen LogP contribution >= 0.6 is 0 Å². The van der Waals surface area contributed by atoms with E-state index >= 15 is 0 Å². The van der Waals surface area contributed by atoms with Crippen LogP contribution in [0.25, 0.3) is 0 Å². The topological polar surface area (TPSA) is 54.0 Å². The van der Waals surface area contributed by atoms with Crippen LogP contribution in [0.3, 0.4) is 0 Å². The van der Waals surface area contributed by atoms with Crippen molar-refractivity contribution in [2.75, 3.05) is 46.8 Å². The van der Waals surface area contributed by atoms with Gasteiger partial charge in [-0.15, -0.1) is 0 Å². The standard InChI is InChI=1S/C19H38O5/c1-3-4-5-6-7-8-9-10-11-12-13-24-19(20)18-23-17-16-22-15-14-21-2/h3-18H2,1-2H3. The van der Waals surface area contributed by atoms with E-state index in [-0.39, 0.29) is 12.6 Å². The third kappa shape index (κ3) is 19.4. The minimum absolute atomic E-state index is 0.00535. The first-order valence-electron chi connectivity index (χ1n) is 9.61. The van der Waals surface area contributed by atoms with Crippen molar-refractivity contribution in [3.05, 3.63) is 0 Å². The largest absolute Gasteiger partial charge is 0.464 e. The van der Waals surface area contributed by atoms with E-state index in [9.17, 15) is 4.79 Å². The van der Waals surface area contributed by atoms with Crippen LogP contribution in [0, 0.1) is 0 Å². The number of rotatable bonds is 19. The Hall–Kier alpha value is -0.650. The predicted molar refractivity (Wildman–Crippen MR) is 96.3 cm³/mol. The van der Waals surface area contributed by atoms with E-state index in [1.54, 1.807) is 7.11 Å². The monoisotopic (exact) mass is 346 g/mol. The molecule has 0 aliphatic rings. The molecule has 0 aliphatic heterocycles. The van der Waals surface area contributed by atoms with Crippen LogP contribution in [-0.2, 0) is 23.7 Å². The first kappa shape index (κ1) is 23.4. The molecule has 0 amide bonds. The Morgan fingerprint density at radius 1 is 0.667 bits per heavy atom. The molecule has 0 N–H and O–H groups in total. The molecule has 0 fully saturated rings. The number of ether oxygens (including phenoxy) is 4. The van der Waals surface area contributed by atoms with Crippen LogP contribution in [0.2, 0.25) is 0 Å². The van der Waals surface area contributed by atoms with Crippen LogP contribution in [0.1, 0.15) is 71.1 Å². The fourth-order valence-electron chi connectivity index (χ4n) is 2.33. The predicted octanol–water partition coefficient (Wildman–Crippen LogP) is 4.13. The van der Waals surface area contributed by atoms with Gasteiger partial charge in [-0.25, -0.2) is 4.79 Å². The van der Waals surface area contributed by atoms with Gasteiger partial charge < -0.3 is 18.9 Å². The summed E-state index contributed by atoms with van der Waals surface area (Å²) in [4.78, 5) is 11.4. The molecule has 0 atom stereocenters. The van der Waals surface area contributed by atoms with Crippen molar-refractivity contribution in [1.82, 2.24) is 0 Å². The maximum absolute atomic E-state index is 11.4. The summed E-state index contributed by atoms with van der Waals surface area (Å²) >= 11 is 0. The highest BCUT2D eigenvalue weighted by molar-refractivity contribution is 5.70. The highest BCUT2D eigenvalue weighted by Crippen LogP contribution is 2.10. The van der Waals surface area contributed by atoms with Crippen molar-refractivity contribution in [3.63, 3.8) is 0 Å². The average molecular weight is 347 g/mol. The molecule has 5 nitrogen and oxygen atoms in total. The molecule has 0 rings (SSSR count). The van der Waals surface area contributed by atoms with Gasteiger partial charge in [-0.05, 0) is 6.42 Å². The lowest BCUT2D eigenvalue weighted by Crippen LogP contribution is -2.16. The lowest BCUT2D eigenvalue weighted by atomic mass is 10.1. The molecule has 24 heavy (non-hydrogen) atoms. The van der Waals surface area contributed by atoms with Crippen molar-refractivity contribution < 1.29 is 23.7 Å². The van der Waals surface area contributed by atoms with Gasteiger partial charge in [-0.1, -0.05) is 64.7 Å². The molecule has 0 saturated carbocycles. The minimum Gasteiger partial charge on any atom is -0.464 e. The molecule has 0 radical (unpaired) electrons. The number of carbonyl (C=O) groups is 1. The Kier molecular flexibility index (Phi) is 19.8. The van der Waals surface area contributed by atoms with Gasteiger partial charge in [0.2, 0.25) is 0 Å². The Morgan fingerprint density at radius 3 is 1.83 bits per heavy atom. The molecule has 0 aromatic rings. The maximum atomic E-state index is 11.4. The second-order valence-electron chi connectivity index (χ2n) is 6.06. The number of esters is 1. The van der Waals surface area contributed by atoms with Crippen LogP contribution < -0.4 is 0 Å². The molecule has 0 aliphatic carbocycles. The van der Waals surface area contributed by atoms with Crippen molar-refractivity contribution >= 4 is 5.97 Å². The summed E-state index contributed by atoms with van der Waals surface area (Å²) in [5.74, 6) is -0.289. The number of hydrogen-bond donors (Lipinski definition) is 0. The van der Waals surface area contributed by atoms with Crippen LogP contribution in [0.4, 0.5) is 0 Å². The Labute approximate surface area is 148 Å². The maximum Gasteiger partial charge on any atom is 0.332 e. The molecule has 0 heterocycles. The first-order chi connectivity index (χ1) is 11.8. The zero-order valence-corrected chi connectivity index (χ0v) is 15.9. The van der Waals surface area contributed by atoms with Crippen LogP contribution in [0.15, 0.2) is 0 Å². The molecule has 144 valence electrons. The summed E-state index contributed by atoms with van der Waals surface area (Å²) in [6.07, 6.45) is 12.8. The average Bonchev–Trinajstić information content (AvgIpc) is 2.59. The van der Waals surface area contributed by atoms with Crippen LogP contribution in [0.5, 0.6) is 0 Å². The van der Waals surface area contributed by atoms with E-state index in [4.69, 9.17) is 18.9 Å². The fraction of sp³-hybridized carbons (Fsp3) is 0.947. The zero-order valence-electron chi connectivity index (χ0n) is 15.9. The summed E-state index contributed by atoms with van der Waals surface area (Å²) in [7, 11) is 1.63. The van der Waals surface area contributed by atoms with Crippen molar-refractivity contribution in [1.29, 1.82) is 0 Å². The van der Waals surface area contributed by atoms with E-state index in [0.717, 1.165) is 12.8 Å². The van der Waals surface area contributed by atoms with E-state index < -0.39 is 0 Å². The lowest BCUT2D eigenvalue weighted by Gasteiger charge is -2.07. The summed E-state index contributed by atoms with van der Waals surface area (Å²) in [6, 6.07) is 0. The summed E-state index contributed by atoms with van der Waals surface area (Å²) < 4.78 is 20.4. The second kappa shape index (κ2) is 20.4. The lowest BCUT2D eigenvalue weighted by molar-refractivity contribution is -0.149. The van der Waals surface area contributed by atoms with Gasteiger partial charge in [0.1, 0.15) is 6.61 Å². The molecule has 0 saturated heterocycles. The van der Waals surface area contributed by atoms with Gasteiger partial charge in [0, 0.05) is 7.11 Å². The highest BCUT2D eigenvalue weighted by atomic mass is 16.6. The fourth-order valence-corrected chi connectivity index (χ4v) is 2.33. The quantitative estimate of drug-likeness (QED) is 0.260. The van der Waals surface area contributed by atoms with Crippen molar-refractivity contribution in [2.24, 2.45) is 0 Å². The molecule has 0 bridgehead atoms. The number of unbranched alkanes of at least 4 members (excludes halogenated alkanes) is 9. The molecular weight excluding hydrogens is 308 g/mol. The summed E-state index contributed by atoms with van der Waals surface area (Å²) in [6.45, 7) is 4.74. The normalized spacial score (nSPS) is 10.9. The highest BCUT2D eigenvalue weighted by Gasteiger charge is 2.02. The smallest absolute Gasteiger partial charge is 0.332 e. The number of methoxy groups -OCH3 is 1. The molecule has 5 heteroatoms. The van der Waals surface area contributed by atoms with E-state index in [1.165, 1.54) is 51.4 Å². The first-order valence-corrected chi connectivity index (χ1v) is 9.61. The van der Waals surface area contributed by atoms with Gasteiger partial charge in [0.25, 0.3) is 0 Å². The van der Waals surface area contributed by atoms with Crippen molar-refractivity contribution in [2.45, 2.75) is 71.1 Å². The zero-order chi connectivity index (χ0) is 17.7. The van der Waals surface area contributed by atoms with Crippen molar-refractivity contribution in [3.8, 4) is 0 Å². The second-order valence-corrected chi connectivity index (χ2v) is 6.06. The third-order valence-corrected chi connectivity index (χ3v) is 3.78. The Morgan fingerprint density at radius 2 is 1.21 bits per heavy atom. The molecule has 0 aromatic heterocycles. The van der Waals surface area contributed by atoms with E-state index in [0.29, 0.717) is 33.0 Å². The summed E-state index contributed by atoms with van der Waals surface area (Å²) in [5, 5.41) is 0. The molecule has 0 aromatic carbocycles. The van der Waals surface area contributed by atoms with E-state index in [1.807, 2.05) is 0 Å². The Bertz CT molecular complexity index is 258.